The second kappa shape index (κ2) is 5.98. The van der Waals surface area contributed by atoms with Crippen molar-refractivity contribution in [1.82, 2.24) is 10.8 Å². The molecule has 0 aromatic rings. The van der Waals surface area contributed by atoms with Crippen LogP contribution < -0.4 is 10.8 Å². The van der Waals surface area contributed by atoms with E-state index in [-0.39, 0.29) is 18.5 Å². The van der Waals surface area contributed by atoms with Gasteiger partial charge >= 0.3 is 0 Å². The zero-order valence-electron chi connectivity index (χ0n) is 9.01. The molecule has 1 fully saturated rings. The highest BCUT2D eigenvalue weighted by Crippen LogP contribution is 2.19. The number of nitrogens with one attached hydrogen (secondary N) is 2. The fourth-order valence-corrected chi connectivity index (χ4v) is 1.60. The van der Waals surface area contributed by atoms with Gasteiger partial charge in [-0.25, -0.2) is 0 Å². The molecule has 0 aliphatic heterocycles. The quantitative estimate of drug-likeness (QED) is 0.650. The first-order chi connectivity index (χ1) is 6.68. The molecule has 0 atom stereocenters. The minimum Gasteiger partial charge on any atom is -0.353 e. The summed E-state index contributed by atoms with van der Waals surface area (Å²) in [5.74, 6) is -0.0157. The van der Waals surface area contributed by atoms with Gasteiger partial charge in [-0.2, -0.15) is 5.48 Å². The minimum atomic E-state index is -0.0157. The number of rotatable bonds is 5. The number of amides is 1. The highest BCUT2D eigenvalue weighted by Gasteiger charge is 2.15. The summed E-state index contributed by atoms with van der Waals surface area (Å²) in [5, 5.41) is 2.79. The number of carbonyl (C=O) groups excluding carboxylic acids is 1. The van der Waals surface area contributed by atoms with Crippen LogP contribution in [0.5, 0.6) is 0 Å². The maximum atomic E-state index is 11.2. The van der Waals surface area contributed by atoms with Crippen molar-refractivity contribution in [1.29, 1.82) is 0 Å². The Kier molecular flexibility index (Phi) is 4.90. The molecule has 2 N–H and O–H groups in total. The van der Waals surface area contributed by atoms with E-state index in [1.165, 1.54) is 12.8 Å². The second-order valence-corrected chi connectivity index (χ2v) is 4.07. The van der Waals surface area contributed by atoms with Crippen LogP contribution in [0.2, 0.25) is 0 Å². The van der Waals surface area contributed by atoms with Crippen LogP contribution in [0.25, 0.3) is 0 Å². The molecule has 1 rings (SSSR count). The first-order valence-electron chi connectivity index (χ1n) is 5.36. The highest BCUT2D eigenvalue weighted by molar-refractivity contribution is 5.78. The van der Waals surface area contributed by atoms with Gasteiger partial charge in [-0.15, -0.1) is 0 Å². The molecule has 1 aliphatic carbocycles. The zero-order valence-corrected chi connectivity index (χ0v) is 9.01. The van der Waals surface area contributed by atoms with Gasteiger partial charge in [0.25, 0.3) is 0 Å². The summed E-state index contributed by atoms with van der Waals surface area (Å²) in [6, 6.07) is 0.191. The van der Waals surface area contributed by atoms with E-state index >= 15 is 0 Å². The summed E-state index contributed by atoms with van der Waals surface area (Å²) in [6.45, 7) is 4.13. The van der Waals surface area contributed by atoms with E-state index in [1.807, 2.05) is 13.8 Å². The summed E-state index contributed by atoms with van der Waals surface area (Å²) < 4.78 is 0. The van der Waals surface area contributed by atoms with Crippen molar-refractivity contribution in [2.75, 3.05) is 6.54 Å². The van der Waals surface area contributed by atoms with Crippen molar-refractivity contribution in [3.63, 3.8) is 0 Å². The van der Waals surface area contributed by atoms with Gasteiger partial charge in [-0.3, -0.25) is 9.63 Å². The molecule has 0 aromatic heterocycles. The fraction of sp³-hybridized carbons (Fsp3) is 0.900. The first kappa shape index (κ1) is 11.5. The van der Waals surface area contributed by atoms with Gasteiger partial charge in [0.2, 0.25) is 5.91 Å². The van der Waals surface area contributed by atoms with Gasteiger partial charge < -0.3 is 5.32 Å². The molecule has 0 saturated heterocycles. The largest absolute Gasteiger partial charge is 0.353 e. The van der Waals surface area contributed by atoms with Crippen LogP contribution in [-0.4, -0.2) is 24.6 Å². The summed E-state index contributed by atoms with van der Waals surface area (Å²) in [6.07, 6.45) is 5.01. The molecule has 0 radical (unpaired) electrons. The van der Waals surface area contributed by atoms with Gasteiger partial charge in [0.15, 0.2) is 0 Å². The monoisotopic (exact) mass is 200 g/mol. The normalized spacial score (nSPS) is 17.6. The molecule has 1 saturated carbocycles. The molecule has 1 aliphatic rings. The van der Waals surface area contributed by atoms with E-state index in [2.05, 4.69) is 10.8 Å². The molecule has 0 spiro atoms. The molecule has 0 bridgehead atoms. The predicted molar refractivity (Wildman–Crippen MR) is 54.6 cm³/mol. The van der Waals surface area contributed by atoms with Gasteiger partial charge in [-0.1, -0.05) is 12.8 Å². The lowest BCUT2D eigenvalue weighted by atomic mass is 10.3. The highest BCUT2D eigenvalue weighted by atomic mass is 16.7. The van der Waals surface area contributed by atoms with Gasteiger partial charge in [0.05, 0.1) is 12.6 Å². The van der Waals surface area contributed by atoms with Crippen molar-refractivity contribution in [2.24, 2.45) is 0 Å². The van der Waals surface area contributed by atoms with Gasteiger partial charge in [0, 0.05) is 6.04 Å². The third-order valence-electron chi connectivity index (χ3n) is 2.23. The van der Waals surface area contributed by atoms with Gasteiger partial charge in [0.1, 0.15) is 0 Å². The first-order valence-corrected chi connectivity index (χ1v) is 5.36. The minimum absolute atomic E-state index is 0.0157. The maximum Gasteiger partial charge on any atom is 0.236 e. The molecule has 82 valence electrons. The van der Waals surface area contributed by atoms with Crippen molar-refractivity contribution in [2.45, 2.75) is 51.7 Å². The molecule has 4 nitrogen and oxygen atoms in total. The number of hydrogen-bond donors (Lipinski definition) is 2. The summed E-state index contributed by atoms with van der Waals surface area (Å²) in [4.78, 5) is 16.5. The van der Waals surface area contributed by atoms with Crippen LogP contribution >= 0.6 is 0 Å². The van der Waals surface area contributed by atoms with Crippen LogP contribution in [0.3, 0.4) is 0 Å². The summed E-state index contributed by atoms with van der Waals surface area (Å²) >= 11 is 0. The smallest absolute Gasteiger partial charge is 0.236 e. The summed E-state index contributed by atoms with van der Waals surface area (Å²) in [5.41, 5.74) is 2.72. The standard InChI is InChI=1S/C10H20N2O2/c1-8(2)12-10(13)7-11-14-9-5-3-4-6-9/h8-9,11H,3-7H2,1-2H3,(H,12,13). The molecule has 14 heavy (non-hydrogen) atoms. The van der Waals surface area contributed by atoms with E-state index in [4.69, 9.17) is 4.84 Å². The molecule has 1 amide bonds. The molecule has 0 aromatic carbocycles. The van der Waals surface area contributed by atoms with Crippen molar-refractivity contribution in [3.8, 4) is 0 Å². The Balaban J connectivity index is 1.99. The lowest BCUT2D eigenvalue weighted by Crippen LogP contribution is -2.38. The average molecular weight is 200 g/mol. The van der Waals surface area contributed by atoms with Crippen LogP contribution in [0.1, 0.15) is 39.5 Å². The van der Waals surface area contributed by atoms with Crippen molar-refractivity contribution >= 4 is 5.91 Å². The second-order valence-electron chi connectivity index (χ2n) is 4.07. The molecule has 4 heteroatoms. The Labute approximate surface area is 85.3 Å². The molecule has 0 unspecified atom stereocenters. The number of hydrogen-bond acceptors (Lipinski definition) is 3. The SMILES string of the molecule is CC(C)NC(=O)CNOC1CCCC1. The average Bonchev–Trinajstić information content (AvgIpc) is 2.55. The number of carbonyl (C=O) groups is 1. The Morgan fingerprint density at radius 2 is 2.07 bits per heavy atom. The lowest BCUT2D eigenvalue weighted by Gasteiger charge is -2.12. The van der Waals surface area contributed by atoms with Crippen LogP contribution in [0.4, 0.5) is 0 Å². The van der Waals surface area contributed by atoms with Crippen molar-refractivity contribution < 1.29 is 9.63 Å². The van der Waals surface area contributed by atoms with E-state index in [0.717, 1.165) is 12.8 Å². The van der Waals surface area contributed by atoms with Gasteiger partial charge in [-0.05, 0) is 26.7 Å². The van der Waals surface area contributed by atoms with Crippen molar-refractivity contribution in [3.05, 3.63) is 0 Å². The Morgan fingerprint density at radius 1 is 1.43 bits per heavy atom. The third-order valence-corrected chi connectivity index (χ3v) is 2.23. The van der Waals surface area contributed by atoms with E-state index in [1.54, 1.807) is 0 Å². The Morgan fingerprint density at radius 3 is 2.64 bits per heavy atom. The topological polar surface area (TPSA) is 50.4 Å². The Hall–Kier alpha value is -0.610. The summed E-state index contributed by atoms with van der Waals surface area (Å²) in [7, 11) is 0. The lowest BCUT2D eigenvalue weighted by molar-refractivity contribution is -0.124. The number of hydroxylamine groups is 1. The molecular weight excluding hydrogens is 180 g/mol. The predicted octanol–water partition coefficient (Wildman–Crippen LogP) is 0.975. The van der Waals surface area contributed by atoms with Crippen LogP contribution in [0, 0.1) is 0 Å². The van der Waals surface area contributed by atoms with Crippen LogP contribution in [0.15, 0.2) is 0 Å². The van der Waals surface area contributed by atoms with E-state index < -0.39 is 0 Å². The fourth-order valence-electron chi connectivity index (χ4n) is 1.60. The van der Waals surface area contributed by atoms with E-state index in [0.29, 0.717) is 6.10 Å². The maximum absolute atomic E-state index is 11.2. The Bertz CT molecular complexity index is 177. The third kappa shape index (κ3) is 4.58. The van der Waals surface area contributed by atoms with E-state index in [9.17, 15) is 4.79 Å². The van der Waals surface area contributed by atoms with Crippen LogP contribution in [-0.2, 0) is 9.63 Å². The zero-order chi connectivity index (χ0) is 10.4. The molecule has 0 heterocycles. The molecular formula is C10H20N2O2.